The van der Waals surface area contributed by atoms with Gasteiger partial charge in [-0.15, -0.1) is 0 Å². The SMILES string of the molecule is C[C@@H](Cc1ccc(O)cc1)NCc1ccn[nH]1. The van der Waals surface area contributed by atoms with Crippen molar-refractivity contribution in [3.05, 3.63) is 47.8 Å². The average Bonchev–Trinajstić information content (AvgIpc) is 2.83. The van der Waals surface area contributed by atoms with Crippen LogP contribution in [0.4, 0.5) is 0 Å². The van der Waals surface area contributed by atoms with E-state index in [0.29, 0.717) is 11.8 Å². The number of phenols is 1. The molecule has 4 nitrogen and oxygen atoms in total. The van der Waals surface area contributed by atoms with E-state index in [2.05, 4.69) is 22.4 Å². The highest BCUT2D eigenvalue weighted by molar-refractivity contribution is 5.26. The quantitative estimate of drug-likeness (QED) is 0.735. The van der Waals surface area contributed by atoms with Crippen LogP contribution in [0.3, 0.4) is 0 Å². The Morgan fingerprint density at radius 1 is 1.29 bits per heavy atom. The molecule has 4 heteroatoms. The predicted octanol–water partition coefficient (Wildman–Crippen LogP) is 1.84. The van der Waals surface area contributed by atoms with Gasteiger partial charge in [-0.3, -0.25) is 5.10 Å². The van der Waals surface area contributed by atoms with Crippen molar-refractivity contribution in [2.75, 3.05) is 0 Å². The number of phenolic OH excluding ortho intramolecular Hbond substituents is 1. The lowest BCUT2D eigenvalue weighted by atomic mass is 10.1. The van der Waals surface area contributed by atoms with Gasteiger partial charge in [-0.1, -0.05) is 12.1 Å². The normalized spacial score (nSPS) is 12.5. The molecule has 0 saturated heterocycles. The standard InChI is InChI=1S/C13H17N3O/c1-10(14-9-12-6-7-15-16-12)8-11-2-4-13(17)5-3-11/h2-7,10,14,17H,8-9H2,1H3,(H,15,16)/t10-/m0/s1. The molecule has 1 atom stereocenters. The van der Waals surface area contributed by atoms with Crippen LogP contribution in [-0.2, 0) is 13.0 Å². The summed E-state index contributed by atoms with van der Waals surface area (Å²) in [6.45, 7) is 2.93. The number of aromatic nitrogens is 2. The average molecular weight is 231 g/mol. The summed E-state index contributed by atoms with van der Waals surface area (Å²) < 4.78 is 0. The molecule has 17 heavy (non-hydrogen) atoms. The van der Waals surface area contributed by atoms with E-state index < -0.39 is 0 Å². The minimum absolute atomic E-state index is 0.312. The van der Waals surface area contributed by atoms with Gasteiger partial charge in [0.1, 0.15) is 5.75 Å². The molecule has 2 aromatic rings. The van der Waals surface area contributed by atoms with Crippen molar-refractivity contribution in [3.63, 3.8) is 0 Å². The lowest BCUT2D eigenvalue weighted by Gasteiger charge is -2.13. The van der Waals surface area contributed by atoms with E-state index in [0.717, 1.165) is 18.7 Å². The lowest BCUT2D eigenvalue weighted by molar-refractivity contribution is 0.474. The minimum atomic E-state index is 0.312. The second-order valence-electron chi connectivity index (χ2n) is 4.23. The highest BCUT2D eigenvalue weighted by Gasteiger charge is 2.03. The third-order valence-electron chi connectivity index (χ3n) is 2.68. The molecule has 1 heterocycles. The molecule has 2 rings (SSSR count). The first-order valence-electron chi connectivity index (χ1n) is 5.73. The number of aromatic hydroxyl groups is 1. The van der Waals surface area contributed by atoms with Crippen LogP contribution in [0.25, 0.3) is 0 Å². The van der Waals surface area contributed by atoms with E-state index in [1.54, 1.807) is 18.3 Å². The molecular formula is C13H17N3O. The molecule has 1 aromatic carbocycles. The first kappa shape index (κ1) is 11.7. The molecule has 0 spiro atoms. The largest absolute Gasteiger partial charge is 0.508 e. The molecule has 0 aliphatic rings. The fourth-order valence-electron chi connectivity index (χ4n) is 1.73. The van der Waals surface area contributed by atoms with Crippen molar-refractivity contribution in [2.45, 2.75) is 25.9 Å². The van der Waals surface area contributed by atoms with E-state index in [1.165, 1.54) is 5.56 Å². The summed E-state index contributed by atoms with van der Waals surface area (Å²) in [4.78, 5) is 0. The smallest absolute Gasteiger partial charge is 0.115 e. The Kier molecular flexibility index (Phi) is 3.77. The minimum Gasteiger partial charge on any atom is -0.508 e. The summed E-state index contributed by atoms with van der Waals surface area (Å²) in [5.41, 5.74) is 2.30. The Morgan fingerprint density at radius 2 is 2.06 bits per heavy atom. The van der Waals surface area contributed by atoms with Gasteiger partial charge in [0, 0.05) is 24.5 Å². The fraction of sp³-hybridized carbons (Fsp3) is 0.308. The molecule has 0 radical (unpaired) electrons. The van der Waals surface area contributed by atoms with E-state index in [4.69, 9.17) is 0 Å². The third kappa shape index (κ3) is 3.60. The molecule has 0 unspecified atom stereocenters. The van der Waals surface area contributed by atoms with Crippen LogP contribution in [0.5, 0.6) is 5.75 Å². The van der Waals surface area contributed by atoms with Gasteiger partial charge in [0.25, 0.3) is 0 Å². The Balaban J connectivity index is 1.80. The second-order valence-corrected chi connectivity index (χ2v) is 4.23. The van der Waals surface area contributed by atoms with Crippen molar-refractivity contribution in [1.82, 2.24) is 15.5 Å². The number of rotatable bonds is 5. The number of aromatic amines is 1. The van der Waals surface area contributed by atoms with Gasteiger partial charge in [-0.05, 0) is 37.1 Å². The van der Waals surface area contributed by atoms with Crippen LogP contribution >= 0.6 is 0 Å². The van der Waals surface area contributed by atoms with Crippen molar-refractivity contribution < 1.29 is 5.11 Å². The Hall–Kier alpha value is -1.81. The maximum atomic E-state index is 9.19. The number of nitrogens with one attached hydrogen (secondary N) is 2. The zero-order chi connectivity index (χ0) is 12.1. The number of hydrogen-bond acceptors (Lipinski definition) is 3. The number of nitrogens with zero attached hydrogens (tertiary/aromatic N) is 1. The summed E-state index contributed by atoms with van der Waals surface area (Å²) in [7, 11) is 0. The van der Waals surface area contributed by atoms with E-state index in [9.17, 15) is 5.11 Å². The molecule has 3 N–H and O–H groups in total. The number of H-pyrrole nitrogens is 1. The molecule has 0 aliphatic carbocycles. The monoisotopic (exact) mass is 231 g/mol. The summed E-state index contributed by atoms with van der Waals surface area (Å²) in [5.74, 6) is 0.312. The van der Waals surface area contributed by atoms with E-state index >= 15 is 0 Å². The Bertz CT molecular complexity index is 436. The highest BCUT2D eigenvalue weighted by atomic mass is 16.3. The third-order valence-corrected chi connectivity index (χ3v) is 2.68. The first-order valence-corrected chi connectivity index (χ1v) is 5.73. The van der Waals surface area contributed by atoms with Gasteiger partial charge < -0.3 is 10.4 Å². The zero-order valence-electron chi connectivity index (χ0n) is 9.85. The van der Waals surface area contributed by atoms with Gasteiger partial charge >= 0.3 is 0 Å². The van der Waals surface area contributed by atoms with Crippen LogP contribution in [0.2, 0.25) is 0 Å². The molecule has 0 amide bonds. The second kappa shape index (κ2) is 5.50. The first-order chi connectivity index (χ1) is 8.24. The number of hydrogen-bond donors (Lipinski definition) is 3. The fourth-order valence-corrected chi connectivity index (χ4v) is 1.73. The van der Waals surface area contributed by atoms with Crippen molar-refractivity contribution >= 4 is 0 Å². The highest BCUT2D eigenvalue weighted by Crippen LogP contribution is 2.11. The van der Waals surface area contributed by atoms with Crippen LogP contribution < -0.4 is 5.32 Å². The van der Waals surface area contributed by atoms with Crippen LogP contribution in [0, 0.1) is 0 Å². The van der Waals surface area contributed by atoms with E-state index in [1.807, 2.05) is 18.2 Å². The molecular weight excluding hydrogens is 214 g/mol. The Morgan fingerprint density at radius 3 is 2.71 bits per heavy atom. The predicted molar refractivity (Wildman–Crippen MR) is 66.7 cm³/mol. The summed E-state index contributed by atoms with van der Waals surface area (Å²) in [6.07, 6.45) is 2.69. The summed E-state index contributed by atoms with van der Waals surface area (Å²) >= 11 is 0. The van der Waals surface area contributed by atoms with Crippen molar-refractivity contribution in [1.29, 1.82) is 0 Å². The number of benzene rings is 1. The zero-order valence-corrected chi connectivity index (χ0v) is 9.85. The summed E-state index contributed by atoms with van der Waals surface area (Å²) in [6, 6.07) is 9.67. The van der Waals surface area contributed by atoms with Crippen molar-refractivity contribution in [3.8, 4) is 5.75 Å². The van der Waals surface area contributed by atoms with E-state index in [-0.39, 0.29) is 0 Å². The summed E-state index contributed by atoms with van der Waals surface area (Å²) in [5, 5.41) is 19.4. The topological polar surface area (TPSA) is 60.9 Å². The van der Waals surface area contributed by atoms with Crippen molar-refractivity contribution in [2.24, 2.45) is 0 Å². The molecule has 1 aromatic heterocycles. The van der Waals surface area contributed by atoms with Gasteiger partial charge in [-0.25, -0.2) is 0 Å². The van der Waals surface area contributed by atoms with Crippen LogP contribution in [0.1, 0.15) is 18.2 Å². The van der Waals surface area contributed by atoms with Gasteiger partial charge in [0.15, 0.2) is 0 Å². The van der Waals surface area contributed by atoms with Gasteiger partial charge in [0.2, 0.25) is 0 Å². The molecule has 0 fully saturated rings. The molecule has 0 bridgehead atoms. The molecule has 0 saturated carbocycles. The Labute approximate surface area is 101 Å². The molecule has 90 valence electrons. The van der Waals surface area contributed by atoms with Gasteiger partial charge in [-0.2, -0.15) is 5.10 Å². The van der Waals surface area contributed by atoms with Gasteiger partial charge in [0.05, 0.1) is 0 Å². The van der Waals surface area contributed by atoms with Crippen LogP contribution in [0.15, 0.2) is 36.5 Å². The molecule has 0 aliphatic heterocycles. The lowest BCUT2D eigenvalue weighted by Crippen LogP contribution is -2.27. The van der Waals surface area contributed by atoms with Crippen LogP contribution in [-0.4, -0.2) is 21.3 Å². The maximum Gasteiger partial charge on any atom is 0.115 e. The maximum absolute atomic E-state index is 9.19.